The van der Waals surface area contributed by atoms with E-state index in [1.54, 1.807) is 7.11 Å². The fourth-order valence-corrected chi connectivity index (χ4v) is 4.18. The van der Waals surface area contributed by atoms with Crippen molar-refractivity contribution in [1.82, 2.24) is 9.55 Å². The van der Waals surface area contributed by atoms with Gasteiger partial charge in [-0.15, -0.1) is 0 Å². The standard InChI is InChI=1S/C25H21FN4O2/c1-15-22(24(31)28-17-13-11-16(26)12-14-17)23(18-7-3-6-10-21(18)32-2)30-20-9-5-4-8-19(20)29-25(30)27-15/h3-14,23H,1-2H3,(H,27,29)(H,28,31)/t23-/m0/s1. The number of benzene rings is 3. The zero-order valence-electron chi connectivity index (χ0n) is 17.6. The molecule has 0 saturated carbocycles. The molecule has 1 atom stereocenters. The van der Waals surface area contributed by atoms with Crippen LogP contribution in [-0.4, -0.2) is 22.6 Å². The number of aromatic nitrogens is 2. The van der Waals surface area contributed by atoms with Gasteiger partial charge < -0.3 is 15.4 Å². The summed E-state index contributed by atoms with van der Waals surface area (Å²) in [7, 11) is 1.61. The van der Waals surface area contributed by atoms with Crippen molar-refractivity contribution in [3.63, 3.8) is 0 Å². The van der Waals surface area contributed by atoms with Crippen molar-refractivity contribution in [1.29, 1.82) is 0 Å². The summed E-state index contributed by atoms with van der Waals surface area (Å²) < 4.78 is 21.0. The van der Waals surface area contributed by atoms with Gasteiger partial charge >= 0.3 is 0 Å². The normalized spacial score (nSPS) is 15.3. The van der Waals surface area contributed by atoms with Gasteiger partial charge in [0.1, 0.15) is 11.6 Å². The van der Waals surface area contributed by atoms with E-state index in [9.17, 15) is 9.18 Å². The van der Waals surface area contributed by atoms with Crippen molar-refractivity contribution in [2.24, 2.45) is 0 Å². The highest BCUT2D eigenvalue weighted by molar-refractivity contribution is 6.06. The number of imidazole rings is 1. The molecular formula is C25H21FN4O2. The van der Waals surface area contributed by atoms with Crippen LogP contribution in [0, 0.1) is 5.82 Å². The first-order valence-electron chi connectivity index (χ1n) is 10.2. The topological polar surface area (TPSA) is 68.2 Å². The van der Waals surface area contributed by atoms with Gasteiger partial charge in [0.15, 0.2) is 0 Å². The average molecular weight is 428 g/mol. The quantitative estimate of drug-likeness (QED) is 0.474. The third-order valence-electron chi connectivity index (χ3n) is 5.61. The minimum Gasteiger partial charge on any atom is -0.496 e. The number of carbonyl (C=O) groups excluding carboxylic acids is 1. The number of rotatable bonds is 4. The lowest BCUT2D eigenvalue weighted by atomic mass is 9.93. The Balaban J connectivity index is 1.68. The predicted octanol–water partition coefficient (Wildman–Crippen LogP) is 5.11. The van der Waals surface area contributed by atoms with Crippen LogP contribution < -0.4 is 15.4 Å². The van der Waals surface area contributed by atoms with Gasteiger partial charge in [-0.25, -0.2) is 9.37 Å². The maximum absolute atomic E-state index is 13.5. The summed E-state index contributed by atoms with van der Waals surface area (Å²) in [4.78, 5) is 18.3. The number of ether oxygens (including phenoxy) is 1. The number of carbonyl (C=O) groups is 1. The van der Waals surface area contributed by atoms with Crippen molar-refractivity contribution < 1.29 is 13.9 Å². The van der Waals surface area contributed by atoms with Crippen molar-refractivity contribution in [2.45, 2.75) is 13.0 Å². The Labute approximate surface area is 184 Å². The van der Waals surface area contributed by atoms with Gasteiger partial charge in [0, 0.05) is 16.9 Å². The van der Waals surface area contributed by atoms with E-state index in [1.807, 2.05) is 60.0 Å². The number of amides is 1. The number of hydrogen-bond acceptors (Lipinski definition) is 4. The number of allylic oxidation sites excluding steroid dienone is 1. The van der Waals surface area contributed by atoms with Crippen LogP contribution in [0.5, 0.6) is 5.75 Å². The highest BCUT2D eigenvalue weighted by atomic mass is 19.1. The lowest BCUT2D eigenvalue weighted by Crippen LogP contribution is -2.31. The smallest absolute Gasteiger partial charge is 0.255 e. The molecule has 0 bridgehead atoms. The number of nitrogens with one attached hydrogen (secondary N) is 2. The van der Waals surface area contributed by atoms with Crippen LogP contribution in [0.25, 0.3) is 11.0 Å². The van der Waals surface area contributed by atoms with E-state index in [4.69, 9.17) is 9.72 Å². The number of fused-ring (bicyclic) bond motifs is 3. The first-order chi connectivity index (χ1) is 15.6. The molecule has 7 heteroatoms. The van der Waals surface area contributed by atoms with Crippen LogP contribution in [-0.2, 0) is 4.79 Å². The summed E-state index contributed by atoms with van der Waals surface area (Å²) >= 11 is 0. The first-order valence-corrected chi connectivity index (χ1v) is 10.2. The molecule has 6 nitrogen and oxygen atoms in total. The van der Waals surface area contributed by atoms with Crippen LogP contribution in [0.15, 0.2) is 84.1 Å². The minimum absolute atomic E-state index is 0.291. The third-order valence-corrected chi connectivity index (χ3v) is 5.61. The monoisotopic (exact) mass is 428 g/mol. The maximum atomic E-state index is 13.5. The Kier molecular flexibility index (Phi) is 4.86. The molecule has 5 rings (SSSR count). The zero-order chi connectivity index (χ0) is 22.2. The number of para-hydroxylation sites is 3. The fraction of sp³-hybridized carbons (Fsp3) is 0.120. The van der Waals surface area contributed by atoms with E-state index in [-0.39, 0.29) is 11.7 Å². The number of hydrogen-bond donors (Lipinski definition) is 2. The van der Waals surface area contributed by atoms with E-state index in [0.717, 1.165) is 16.6 Å². The molecule has 4 aromatic rings. The molecule has 1 aliphatic rings. The average Bonchev–Trinajstić information content (AvgIpc) is 3.17. The molecular weight excluding hydrogens is 407 g/mol. The van der Waals surface area contributed by atoms with Crippen molar-refractivity contribution in [3.8, 4) is 5.75 Å². The van der Waals surface area contributed by atoms with Gasteiger partial charge in [0.25, 0.3) is 5.91 Å². The molecule has 1 aromatic heterocycles. The molecule has 2 heterocycles. The van der Waals surface area contributed by atoms with Gasteiger partial charge in [-0.2, -0.15) is 0 Å². The molecule has 3 aromatic carbocycles. The fourth-order valence-electron chi connectivity index (χ4n) is 4.18. The molecule has 0 aliphatic carbocycles. The second-order valence-corrected chi connectivity index (χ2v) is 7.56. The molecule has 2 N–H and O–H groups in total. The first kappa shape index (κ1) is 19.8. The summed E-state index contributed by atoms with van der Waals surface area (Å²) in [6.07, 6.45) is 0. The molecule has 0 saturated heterocycles. The van der Waals surface area contributed by atoms with Crippen molar-refractivity contribution in [2.75, 3.05) is 17.7 Å². The highest BCUT2D eigenvalue weighted by Crippen LogP contribution is 2.42. The van der Waals surface area contributed by atoms with Crippen LogP contribution in [0.3, 0.4) is 0 Å². The largest absolute Gasteiger partial charge is 0.496 e. The predicted molar refractivity (Wildman–Crippen MR) is 122 cm³/mol. The molecule has 1 amide bonds. The molecule has 0 spiro atoms. The summed E-state index contributed by atoms with van der Waals surface area (Å²) in [6.45, 7) is 1.85. The number of halogens is 1. The van der Waals surface area contributed by atoms with E-state index >= 15 is 0 Å². The zero-order valence-corrected chi connectivity index (χ0v) is 17.6. The van der Waals surface area contributed by atoms with Crippen LogP contribution in [0.1, 0.15) is 18.5 Å². The SMILES string of the molecule is COc1ccccc1[C@H]1C(C(=O)Nc2ccc(F)cc2)=C(C)Nc2nc3ccccc3n21. The van der Waals surface area contributed by atoms with E-state index in [1.165, 1.54) is 24.3 Å². The lowest BCUT2D eigenvalue weighted by Gasteiger charge is -2.31. The third kappa shape index (κ3) is 3.28. The number of nitrogens with zero attached hydrogens (tertiary/aromatic N) is 2. The summed E-state index contributed by atoms with van der Waals surface area (Å²) in [6, 6.07) is 20.7. The number of methoxy groups -OCH3 is 1. The van der Waals surface area contributed by atoms with Gasteiger partial charge in [-0.05, 0) is 49.4 Å². The second-order valence-electron chi connectivity index (χ2n) is 7.56. The molecule has 0 radical (unpaired) electrons. The Morgan fingerprint density at radius 2 is 1.78 bits per heavy atom. The Morgan fingerprint density at radius 3 is 2.56 bits per heavy atom. The minimum atomic E-state index is -0.477. The van der Waals surface area contributed by atoms with Gasteiger partial charge in [-0.1, -0.05) is 30.3 Å². The summed E-state index contributed by atoms with van der Waals surface area (Å²) in [5, 5.41) is 6.18. The Morgan fingerprint density at radius 1 is 1.06 bits per heavy atom. The van der Waals surface area contributed by atoms with Crippen LogP contribution in [0.2, 0.25) is 0 Å². The van der Waals surface area contributed by atoms with Gasteiger partial charge in [0.05, 0.1) is 29.8 Å². The van der Waals surface area contributed by atoms with Gasteiger partial charge in [-0.3, -0.25) is 9.36 Å². The van der Waals surface area contributed by atoms with E-state index < -0.39 is 6.04 Å². The second kappa shape index (κ2) is 7.85. The lowest BCUT2D eigenvalue weighted by molar-refractivity contribution is -0.113. The molecule has 0 fully saturated rings. The Hall–Kier alpha value is -4.13. The van der Waals surface area contributed by atoms with E-state index in [2.05, 4.69) is 10.6 Å². The molecule has 1 aliphatic heterocycles. The molecule has 32 heavy (non-hydrogen) atoms. The van der Waals surface area contributed by atoms with Crippen molar-refractivity contribution in [3.05, 3.63) is 95.4 Å². The van der Waals surface area contributed by atoms with Crippen molar-refractivity contribution >= 4 is 28.6 Å². The Bertz CT molecular complexity index is 1360. The van der Waals surface area contributed by atoms with Crippen LogP contribution in [0.4, 0.5) is 16.0 Å². The maximum Gasteiger partial charge on any atom is 0.255 e. The van der Waals surface area contributed by atoms with Crippen LogP contribution >= 0.6 is 0 Å². The molecule has 160 valence electrons. The van der Waals surface area contributed by atoms with Gasteiger partial charge in [0.2, 0.25) is 5.95 Å². The summed E-state index contributed by atoms with van der Waals surface area (Å²) in [5.41, 5.74) is 4.27. The highest BCUT2D eigenvalue weighted by Gasteiger charge is 2.35. The summed E-state index contributed by atoms with van der Waals surface area (Å²) in [5.74, 6) is 0.668. The molecule has 0 unspecified atom stereocenters. The number of anilines is 2. The van der Waals surface area contributed by atoms with E-state index in [0.29, 0.717) is 28.7 Å².